The van der Waals surface area contributed by atoms with Crippen LogP contribution in [0.3, 0.4) is 0 Å². The molecule has 1 atom stereocenters. The molecule has 0 aromatic heterocycles. The van der Waals surface area contributed by atoms with Gasteiger partial charge in [0.25, 0.3) is 0 Å². The first-order valence-corrected chi connectivity index (χ1v) is 5.88. The van der Waals surface area contributed by atoms with Gasteiger partial charge in [0.15, 0.2) is 0 Å². The molecule has 84 valence electrons. The van der Waals surface area contributed by atoms with Crippen molar-refractivity contribution in [1.29, 1.82) is 0 Å². The summed E-state index contributed by atoms with van der Waals surface area (Å²) < 4.78 is 0. The van der Waals surface area contributed by atoms with Crippen LogP contribution in [0, 0.1) is 6.92 Å². The zero-order valence-corrected chi connectivity index (χ0v) is 9.49. The highest BCUT2D eigenvalue weighted by Gasteiger charge is 2.34. The molecule has 2 aliphatic rings. The topological polar surface area (TPSA) is 32.3 Å². The molecule has 1 aromatic rings. The first kappa shape index (κ1) is 9.85. The van der Waals surface area contributed by atoms with Crippen LogP contribution in [-0.2, 0) is 11.2 Å². The van der Waals surface area contributed by atoms with Crippen molar-refractivity contribution in [3.63, 3.8) is 0 Å². The number of nitrogens with zero attached hydrogens (tertiary/aromatic N) is 1. The van der Waals surface area contributed by atoms with E-state index in [2.05, 4.69) is 30.4 Å². The minimum Gasteiger partial charge on any atom is -0.315 e. The summed E-state index contributed by atoms with van der Waals surface area (Å²) in [6.45, 7) is 4.03. The van der Waals surface area contributed by atoms with Gasteiger partial charge in [-0.15, -0.1) is 0 Å². The maximum atomic E-state index is 12.0. The molecule has 1 aromatic carbocycles. The van der Waals surface area contributed by atoms with E-state index in [-0.39, 0.29) is 5.91 Å². The van der Waals surface area contributed by atoms with Crippen molar-refractivity contribution in [2.24, 2.45) is 0 Å². The number of carbonyl (C=O) groups is 1. The summed E-state index contributed by atoms with van der Waals surface area (Å²) in [4.78, 5) is 14.0. The van der Waals surface area contributed by atoms with Gasteiger partial charge in [-0.2, -0.15) is 0 Å². The Morgan fingerprint density at radius 3 is 3.06 bits per heavy atom. The summed E-state index contributed by atoms with van der Waals surface area (Å²) in [5, 5.41) is 3.32. The van der Waals surface area contributed by atoms with Crippen LogP contribution in [0.4, 0.5) is 5.69 Å². The average molecular weight is 216 g/mol. The molecule has 0 unspecified atom stereocenters. The highest BCUT2D eigenvalue weighted by Crippen LogP contribution is 2.32. The van der Waals surface area contributed by atoms with E-state index in [1.807, 2.05) is 4.90 Å². The number of amides is 1. The number of carbonyl (C=O) groups excluding carboxylic acids is 1. The Bertz CT molecular complexity index is 436. The van der Waals surface area contributed by atoms with E-state index >= 15 is 0 Å². The van der Waals surface area contributed by atoms with Crippen molar-refractivity contribution in [2.45, 2.75) is 25.8 Å². The predicted molar refractivity (Wildman–Crippen MR) is 63.6 cm³/mol. The van der Waals surface area contributed by atoms with Crippen LogP contribution in [0.25, 0.3) is 0 Å². The number of hydrogen-bond acceptors (Lipinski definition) is 2. The molecule has 0 bridgehead atoms. The number of nitrogens with one attached hydrogen (secondary N) is 1. The fraction of sp³-hybridized carbons (Fsp3) is 0.462. The van der Waals surface area contributed by atoms with Gasteiger partial charge < -0.3 is 10.2 Å². The fourth-order valence-corrected chi connectivity index (χ4v) is 2.73. The molecule has 3 nitrogen and oxygen atoms in total. The SMILES string of the molecule is Cc1ccc2c(c1)CC(=O)N2[C@H]1CCNC1. The quantitative estimate of drug-likeness (QED) is 0.766. The molecular weight excluding hydrogens is 200 g/mol. The minimum absolute atomic E-state index is 0.259. The van der Waals surface area contributed by atoms with E-state index in [0.717, 1.165) is 25.2 Å². The Labute approximate surface area is 95.4 Å². The lowest BCUT2D eigenvalue weighted by Crippen LogP contribution is -2.39. The molecule has 0 radical (unpaired) electrons. The van der Waals surface area contributed by atoms with Gasteiger partial charge in [0, 0.05) is 12.2 Å². The van der Waals surface area contributed by atoms with Crippen LogP contribution in [-0.4, -0.2) is 25.0 Å². The van der Waals surface area contributed by atoms with E-state index in [0.29, 0.717) is 12.5 Å². The van der Waals surface area contributed by atoms with E-state index in [4.69, 9.17) is 0 Å². The molecule has 3 rings (SSSR count). The van der Waals surface area contributed by atoms with Gasteiger partial charge >= 0.3 is 0 Å². The van der Waals surface area contributed by atoms with Gasteiger partial charge in [-0.1, -0.05) is 17.7 Å². The van der Waals surface area contributed by atoms with Gasteiger partial charge in [-0.25, -0.2) is 0 Å². The number of hydrogen-bond donors (Lipinski definition) is 1. The largest absolute Gasteiger partial charge is 0.315 e. The maximum Gasteiger partial charge on any atom is 0.231 e. The van der Waals surface area contributed by atoms with E-state index in [9.17, 15) is 4.79 Å². The highest BCUT2D eigenvalue weighted by molar-refractivity contribution is 6.02. The summed E-state index contributed by atoms with van der Waals surface area (Å²) in [5.74, 6) is 0.259. The number of rotatable bonds is 1. The van der Waals surface area contributed by atoms with Gasteiger partial charge in [-0.05, 0) is 31.5 Å². The summed E-state index contributed by atoms with van der Waals surface area (Å²) in [6.07, 6.45) is 1.65. The summed E-state index contributed by atoms with van der Waals surface area (Å²) >= 11 is 0. The van der Waals surface area contributed by atoms with Crippen molar-refractivity contribution in [3.8, 4) is 0 Å². The molecule has 1 N–H and O–H groups in total. The van der Waals surface area contributed by atoms with Crippen molar-refractivity contribution in [1.82, 2.24) is 5.32 Å². The first-order chi connectivity index (χ1) is 7.75. The molecule has 0 aliphatic carbocycles. The Morgan fingerprint density at radius 2 is 2.31 bits per heavy atom. The Morgan fingerprint density at radius 1 is 1.44 bits per heavy atom. The number of fused-ring (bicyclic) bond motifs is 1. The second-order valence-electron chi connectivity index (χ2n) is 4.72. The molecule has 1 fully saturated rings. The van der Waals surface area contributed by atoms with Crippen molar-refractivity contribution in [3.05, 3.63) is 29.3 Å². The van der Waals surface area contributed by atoms with Gasteiger partial charge in [-0.3, -0.25) is 4.79 Å². The van der Waals surface area contributed by atoms with Crippen LogP contribution in [0.1, 0.15) is 17.5 Å². The molecular formula is C13H16N2O. The predicted octanol–water partition coefficient (Wildman–Crippen LogP) is 1.25. The standard InChI is InChI=1S/C13H16N2O/c1-9-2-3-12-10(6-9)7-13(16)15(12)11-4-5-14-8-11/h2-3,6,11,14H,4-5,7-8H2,1H3/t11-/m0/s1. The van der Waals surface area contributed by atoms with Crippen LogP contribution >= 0.6 is 0 Å². The Balaban J connectivity index is 1.98. The molecule has 2 aliphatic heterocycles. The number of anilines is 1. The molecule has 0 spiro atoms. The third kappa shape index (κ3) is 1.43. The summed E-state index contributed by atoms with van der Waals surface area (Å²) in [6, 6.07) is 6.67. The third-order valence-electron chi connectivity index (χ3n) is 3.50. The minimum atomic E-state index is 0.259. The molecule has 3 heteroatoms. The lowest BCUT2D eigenvalue weighted by Gasteiger charge is -2.24. The van der Waals surface area contributed by atoms with Crippen molar-refractivity contribution >= 4 is 11.6 Å². The van der Waals surface area contributed by atoms with Crippen LogP contribution in [0.5, 0.6) is 0 Å². The first-order valence-electron chi connectivity index (χ1n) is 5.88. The van der Waals surface area contributed by atoms with E-state index < -0.39 is 0 Å². The third-order valence-corrected chi connectivity index (χ3v) is 3.50. The highest BCUT2D eigenvalue weighted by atomic mass is 16.2. The van der Waals surface area contributed by atoms with E-state index in [1.54, 1.807) is 0 Å². The average Bonchev–Trinajstić information content (AvgIpc) is 2.83. The number of benzene rings is 1. The molecule has 2 heterocycles. The lowest BCUT2D eigenvalue weighted by molar-refractivity contribution is -0.117. The second-order valence-corrected chi connectivity index (χ2v) is 4.72. The Hall–Kier alpha value is -1.35. The molecule has 16 heavy (non-hydrogen) atoms. The van der Waals surface area contributed by atoms with Gasteiger partial charge in [0.2, 0.25) is 5.91 Å². The molecule has 1 saturated heterocycles. The molecule has 1 amide bonds. The normalized spacial score (nSPS) is 23.9. The smallest absolute Gasteiger partial charge is 0.231 e. The number of aryl methyl sites for hydroxylation is 1. The zero-order chi connectivity index (χ0) is 11.1. The maximum absolute atomic E-state index is 12.0. The van der Waals surface area contributed by atoms with Crippen LogP contribution in [0.2, 0.25) is 0 Å². The fourth-order valence-electron chi connectivity index (χ4n) is 2.73. The Kier molecular flexibility index (Phi) is 2.21. The lowest BCUT2D eigenvalue weighted by atomic mass is 10.1. The van der Waals surface area contributed by atoms with Gasteiger partial charge in [0.05, 0.1) is 12.5 Å². The van der Waals surface area contributed by atoms with Crippen molar-refractivity contribution < 1.29 is 4.79 Å². The van der Waals surface area contributed by atoms with Gasteiger partial charge in [0.1, 0.15) is 0 Å². The second kappa shape index (κ2) is 3.59. The van der Waals surface area contributed by atoms with Crippen LogP contribution in [0.15, 0.2) is 18.2 Å². The summed E-state index contributed by atoms with van der Waals surface area (Å²) in [7, 11) is 0. The zero-order valence-electron chi connectivity index (χ0n) is 9.49. The monoisotopic (exact) mass is 216 g/mol. The molecule has 0 saturated carbocycles. The van der Waals surface area contributed by atoms with E-state index in [1.165, 1.54) is 11.1 Å². The van der Waals surface area contributed by atoms with Crippen molar-refractivity contribution in [2.75, 3.05) is 18.0 Å². The summed E-state index contributed by atoms with van der Waals surface area (Å²) in [5.41, 5.74) is 3.55. The van der Waals surface area contributed by atoms with Crippen LogP contribution < -0.4 is 10.2 Å².